The molecule has 3 rings (SSSR count). The molecule has 0 N–H and O–H groups in total. The van der Waals surface area contributed by atoms with Crippen LogP contribution in [-0.4, -0.2) is 18.1 Å². The third kappa shape index (κ3) is 4.31. The highest BCUT2D eigenvalue weighted by Gasteiger charge is 2.07. The average molecular weight is 357 g/mol. The van der Waals surface area contributed by atoms with Gasteiger partial charge in [-0.1, -0.05) is 18.2 Å². The molecule has 122 valence electrons. The Hall–Kier alpha value is -2.44. The molecule has 6 heteroatoms. The van der Waals surface area contributed by atoms with Crippen LogP contribution in [0.15, 0.2) is 53.2 Å². The van der Waals surface area contributed by atoms with E-state index in [0.29, 0.717) is 0 Å². The molecule has 0 atom stereocenters. The van der Waals surface area contributed by atoms with E-state index in [1.54, 1.807) is 35.9 Å². The number of hydrogen-bond donors (Lipinski definition) is 0. The predicted octanol–water partition coefficient (Wildman–Crippen LogP) is 4.64. The van der Waals surface area contributed by atoms with Gasteiger partial charge in [-0.15, -0.1) is 22.7 Å². The summed E-state index contributed by atoms with van der Waals surface area (Å²) in [4.78, 5) is 17.4. The van der Waals surface area contributed by atoms with Crippen LogP contribution in [0, 0.1) is 0 Å². The predicted molar refractivity (Wildman–Crippen MR) is 97.3 cm³/mol. The summed E-state index contributed by atoms with van der Waals surface area (Å²) in [5.74, 6) is 0.385. The summed E-state index contributed by atoms with van der Waals surface area (Å²) >= 11 is 3.19. The lowest BCUT2D eigenvalue weighted by Crippen LogP contribution is -2.00. The molecular weight excluding hydrogens is 342 g/mol. The molecule has 1 aromatic carbocycles. The summed E-state index contributed by atoms with van der Waals surface area (Å²) in [6.07, 6.45) is 3.12. The molecule has 0 unspecified atom stereocenters. The second-order valence-corrected chi connectivity index (χ2v) is 6.64. The van der Waals surface area contributed by atoms with Crippen LogP contribution in [0.25, 0.3) is 16.0 Å². The van der Waals surface area contributed by atoms with Crippen molar-refractivity contribution in [2.75, 3.05) is 7.11 Å². The first-order valence-electron chi connectivity index (χ1n) is 7.22. The van der Waals surface area contributed by atoms with Crippen molar-refractivity contribution in [3.05, 3.63) is 64.5 Å². The summed E-state index contributed by atoms with van der Waals surface area (Å²) in [5.41, 5.74) is 1.66. The van der Waals surface area contributed by atoms with Crippen molar-refractivity contribution < 1.29 is 14.3 Å². The molecule has 0 fully saturated rings. The smallest absolute Gasteiger partial charge is 0.331 e. The first-order valence-corrected chi connectivity index (χ1v) is 8.98. The number of methoxy groups -OCH3 is 1. The lowest BCUT2D eigenvalue weighted by Gasteiger charge is -2.00. The summed E-state index contributed by atoms with van der Waals surface area (Å²) in [6.45, 7) is 0.174. The zero-order valence-electron chi connectivity index (χ0n) is 13.0. The molecule has 0 saturated heterocycles. The zero-order valence-corrected chi connectivity index (χ0v) is 14.6. The number of nitrogens with zero attached hydrogens (tertiary/aromatic N) is 1. The van der Waals surface area contributed by atoms with Crippen LogP contribution >= 0.6 is 22.7 Å². The van der Waals surface area contributed by atoms with Gasteiger partial charge in [0.15, 0.2) is 0 Å². The number of ether oxygens (including phenoxy) is 2. The van der Waals surface area contributed by atoms with E-state index in [4.69, 9.17) is 9.47 Å². The number of rotatable bonds is 6. The van der Waals surface area contributed by atoms with Gasteiger partial charge in [-0.2, -0.15) is 0 Å². The summed E-state index contributed by atoms with van der Waals surface area (Å²) in [7, 11) is 1.62. The SMILES string of the molecule is COc1ccc(/C=C/C(=O)OCc2csc(-c3cccs3)n2)cc1. The fourth-order valence-corrected chi connectivity index (χ4v) is 3.58. The fraction of sp³-hybridized carbons (Fsp3) is 0.111. The number of carbonyl (C=O) groups excluding carboxylic acids is 1. The van der Waals surface area contributed by atoms with E-state index in [0.717, 1.165) is 26.9 Å². The number of hydrogen-bond acceptors (Lipinski definition) is 6. The molecule has 2 aromatic heterocycles. The minimum Gasteiger partial charge on any atom is -0.497 e. The Morgan fingerprint density at radius 3 is 2.75 bits per heavy atom. The van der Waals surface area contributed by atoms with Crippen molar-refractivity contribution in [3.8, 4) is 15.6 Å². The highest BCUT2D eigenvalue weighted by atomic mass is 32.1. The minimum atomic E-state index is -0.392. The van der Waals surface area contributed by atoms with Gasteiger partial charge in [0.05, 0.1) is 17.7 Å². The second kappa shape index (κ2) is 7.90. The van der Waals surface area contributed by atoms with Crippen LogP contribution in [-0.2, 0) is 16.1 Å². The molecule has 0 spiro atoms. The van der Waals surface area contributed by atoms with Crippen molar-refractivity contribution in [1.82, 2.24) is 4.98 Å². The molecule has 24 heavy (non-hydrogen) atoms. The number of esters is 1. The summed E-state index contributed by atoms with van der Waals surface area (Å²) in [6, 6.07) is 11.4. The van der Waals surface area contributed by atoms with E-state index in [2.05, 4.69) is 4.98 Å². The van der Waals surface area contributed by atoms with Crippen LogP contribution in [0.1, 0.15) is 11.3 Å². The normalized spacial score (nSPS) is 10.9. The van der Waals surface area contributed by atoms with Gasteiger partial charge < -0.3 is 9.47 Å². The third-order valence-corrected chi connectivity index (χ3v) is 5.10. The Bertz CT molecular complexity index is 820. The van der Waals surface area contributed by atoms with E-state index in [-0.39, 0.29) is 6.61 Å². The van der Waals surface area contributed by atoms with E-state index < -0.39 is 5.97 Å². The highest BCUT2D eigenvalue weighted by molar-refractivity contribution is 7.20. The van der Waals surface area contributed by atoms with E-state index in [1.165, 1.54) is 6.08 Å². The van der Waals surface area contributed by atoms with Gasteiger partial charge in [0.25, 0.3) is 0 Å². The van der Waals surface area contributed by atoms with E-state index >= 15 is 0 Å². The quantitative estimate of drug-likeness (QED) is 0.476. The maximum Gasteiger partial charge on any atom is 0.331 e. The Morgan fingerprint density at radius 1 is 1.21 bits per heavy atom. The van der Waals surface area contributed by atoms with Crippen LogP contribution in [0.5, 0.6) is 5.75 Å². The van der Waals surface area contributed by atoms with Crippen molar-refractivity contribution in [2.24, 2.45) is 0 Å². The topological polar surface area (TPSA) is 48.4 Å². The maximum atomic E-state index is 11.8. The molecule has 3 aromatic rings. The van der Waals surface area contributed by atoms with Crippen LogP contribution in [0.3, 0.4) is 0 Å². The van der Waals surface area contributed by atoms with Gasteiger partial charge in [0.2, 0.25) is 0 Å². The van der Waals surface area contributed by atoms with Crippen molar-refractivity contribution in [1.29, 1.82) is 0 Å². The van der Waals surface area contributed by atoms with Gasteiger partial charge in [-0.25, -0.2) is 9.78 Å². The molecule has 0 aliphatic carbocycles. The Kier molecular flexibility index (Phi) is 5.40. The number of thiazole rings is 1. The molecule has 0 amide bonds. The third-order valence-electron chi connectivity index (χ3n) is 3.17. The van der Waals surface area contributed by atoms with Gasteiger partial charge in [-0.3, -0.25) is 0 Å². The van der Waals surface area contributed by atoms with Crippen molar-refractivity contribution in [2.45, 2.75) is 6.61 Å². The number of thiophene rings is 1. The van der Waals surface area contributed by atoms with Crippen molar-refractivity contribution in [3.63, 3.8) is 0 Å². The Balaban J connectivity index is 1.52. The van der Waals surface area contributed by atoms with Gasteiger partial charge in [0, 0.05) is 11.5 Å². The monoisotopic (exact) mass is 357 g/mol. The molecule has 0 aliphatic heterocycles. The number of aromatic nitrogens is 1. The van der Waals surface area contributed by atoms with E-state index in [1.807, 2.05) is 47.2 Å². The average Bonchev–Trinajstić information content (AvgIpc) is 3.29. The fourth-order valence-electron chi connectivity index (χ4n) is 1.96. The lowest BCUT2D eigenvalue weighted by molar-refractivity contribution is -0.139. The first-order chi connectivity index (χ1) is 11.7. The largest absolute Gasteiger partial charge is 0.497 e. The molecule has 0 aliphatic rings. The van der Waals surface area contributed by atoms with Crippen LogP contribution in [0.2, 0.25) is 0 Å². The van der Waals surface area contributed by atoms with Gasteiger partial charge in [-0.05, 0) is 35.2 Å². The molecule has 2 heterocycles. The molecule has 4 nitrogen and oxygen atoms in total. The van der Waals surface area contributed by atoms with Gasteiger partial charge >= 0.3 is 5.97 Å². The van der Waals surface area contributed by atoms with Gasteiger partial charge in [0.1, 0.15) is 17.4 Å². The van der Waals surface area contributed by atoms with E-state index in [9.17, 15) is 4.79 Å². The summed E-state index contributed by atoms with van der Waals surface area (Å²) in [5, 5.41) is 4.88. The van der Waals surface area contributed by atoms with Crippen LogP contribution < -0.4 is 4.74 Å². The Morgan fingerprint density at radius 2 is 2.04 bits per heavy atom. The molecule has 0 radical (unpaired) electrons. The first kappa shape index (κ1) is 16.4. The standard InChI is InChI=1S/C18H15NO3S2/c1-21-15-7-4-13(5-8-15)6-9-17(20)22-11-14-12-24-18(19-14)16-3-2-10-23-16/h2-10,12H,11H2,1H3/b9-6+. The Labute approximate surface area is 148 Å². The number of benzene rings is 1. The highest BCUT2D eigenvalue weighted by Crippen LogP contribution is 2.27. The number of carbonyl (C=O) groups is 1. The summed E-state index contributed by atoms with van der Waals surface area (Å²) < 4.78 is 10.3. The van der Waals surface area contributed by atoms with Crippen LogP contribution in [0.4, 0.5) is 0 Å². The second-order valence-electron chi connectivity index (χ2n) is 4.84. The minimum absolute atomic E-state index is 0.174. The molecular formula is C18H15NO3S2. The van der Waals surface area contributed by atoms with Crippen molar-refractivity contribution >= 4 is 34.7 Å². The lowest BCUT2D eigenvalue weighted by atomic mass is 10.2. The maximum absolute atomic E-state index is 11.8. The molecule has 0 bridgehead atoms. The zero-order chi connectivity index (χ0) is 16.8. The molecule has 0 saturated carbocycles.